The second kappa shape index (κ2) is 5.06. The minimum atomic E-state index is -0.142. The molecular formula is C12H13NO2. The summed E-state index contributed by atoms with van der Waals surface area (Å²) in [7, 11) is 0. The lowest BCUT2D eigenvalue weighted by Crippen LogP contribution is -2.10. The van der Waals surface area contributed by atoms with Crippen LogP contribution in [0.1, 0.15) is 18.4 Å². The Morgan fingerprint density at radius 2 is 2.33 bits per heavy atom. The van der Waals surface area contributed by atoms with Gasteiger partial charge in [-0.1, -0.05) is 6.07 Å². The van der Waals surface area contributed by atoms with E-state index < -0.39 is 0 Å². The highest BCUT2D eigenvalue weighted by molar-refractivity contribution is 5.91. The molecule has 0 spiro atoms. The van der Waals surface area contributed by atoms with Crippen molar-refractivity contribution in [3.63, 3.8) is 0 Å². The second-order valence-corrected chi connectivity index (χ2v) is 3.25. The van der Waals surface area contributed by atoms with Crippen molar-refractivity contribution in [3.05, 3.63) is 23.8 Å². The van der Waals surface area contributed by atoms with Gasteiger partial charge in [0, 0.05) is 24.6 Å². The SMILES string of the molecule is C#CCCC(=O)Nc1ccc(C)c(O)c1. The van der Waals surface area contributed by atoms with Gasteiger partial charge < -0.3 is 10.4 Å². The molecule has 1 rings (SSSR count). The Hall–Kier alpha value is -1.95. The van der Waals surface area contributed by atoms with Crippen LogP contribution in [0, 0.1) is 19.3 Å². The van der Waals surface area contributed by atoms with E-state index in [9.17, 15) is 9.90 Å². The van der Waals surface area contributed by atoms with Crippen LogP contribution in [0.3, 0.4) is 0 Å². The van der Waals surface area contributed by atoms with Crippen molar-refractivity contribution in [2.75, 3.05) is 5.32 Å². The number of carbonyl (C=O) groups is 1. The number of amides is 1. The molecule has 0 heterocycles. The summed E-state index contributed by atoms with van der Waals surface area (Å²) in [6.45, 7) is 1.79. The summed E-state index contributed by atoms with van der Waals surface area (Å²) in [6.07, 6.45) is 5.76. The predicted molar refractivity (Wildman–Crippen MR) is 59.5 cm³/mol. The zero-order valence-electron chi connectivity index (χ0n) is 8.58. The number of benzene rings is 1. The molecule has 0 atom stereocenters. The van der Waals surface area contributed by atoms with Crippen molar-refractivity contribution in [1.29, 1.82) is 0 Å². The minimum absolute atomic E-state index is 0.142. The van der Waals surface area contributed by atoms with Gasteiger partial charge in [0.2, 0.25) is 5.91 Å². The van der Waals surface area contributed by atoms with Gasteiger partial charge in [0.15, 0.2) is 0 Å². The molecule has 3 nitrogen and oxygen atoms in total. The Kier molecular flexibility index (Phi) is 3.75. The summed E-state index contributed by atoms with van der Waals surface area (Å²) >= 11 is 0. The third kappa shape index (κ3) is 3.35. The molecule has 0 aliphatic heterocycles. The first-order chi connectivity index (χ1) is 7.13. The van der Waals surface area contributed by atoms with Crippen LogP contribution in [0.25, 0.3) is 0 Å². The number of phenolic OH excluding ortho intramolecular Hbond substituents is 1. The minimum Gasteiger partial charge on any atom is -0.508 e. The van der Waals surface area contributed by atoms with Crippen molar-refractivity contribution in [2.24, 2.45) is 0 Å². The molecule has 0 aliphatic rings. The number of carbonyl (C=O) groups excluding carboxylic acids is 1. The Labute approximate surface area is 89.1 Å². The van der Waals surface area contributed by atoms with Crippen molar-refractivity contribution >= 4 is 11.6 Å². The van der Waals surface area contributed by atoms with E-state index in [4.69, 9.17) is 6.42 Å². The number of rotatable bonds is 3. The number of aryl methyl sites for hydroxylation is 1. The Bertz CT molecular complexity index is 405. The number of nitrogens with one attached hydrogen (secondary N) is 1. The quantitative estimate of drug-likeness (QED) is 0.739. The van der Waals surface area contributed by atoms with Gasteiger partial charge in [-0.3, -0.25) is 4.79 Å². The van der Waals surface area contributed by atoms with E-state index in [2.05, 4.69) is 11.2 Å². The fourth-order valence-corrected chi connectivity index (χ4v) is 1.10. The molecular weight excluding hydrogens is 190 g/mol. The lowest BCUT2D eigenvalue weighted by molar-refractivity contribution is -0.116. The third-order valence-corrected chi connectivity index (χ3v) is 1.99. The van der Waals surface area contributed by atoms with Crippen LogP contribution < -0.4 is 5.32 Å². The highest BCUT2D eigenvalue weighted by atomic mass is 16.3. The smallest absolute Gasteiger partial charge is 0.225 e. The Morgan fingerprint density at radius 3 is 2.93 bits per heavy atom. The number of phenols is 1. The van der Waals surface area contributed by atoms with Crippen LogP contribution in [-0.4, -0.2) is 11.0 Å². The number of aromatic hydroxyl groups is 1. The van der Waals surface area contributed by atoms with Crippen LogP contribution in [0.5, 0.6) is 5.75 Å². The maximum atomic E-state index is 11.3. The van der Waals surface area contributed by atoms with E-state index in [1.807, 2.05) is 0 Å². The van der Waals surface area contributed by atoms with Crippen LogP contribution in [-0.2, 0) is 4.79 Å². The summed E-state index contributed by atoms with van der Waals surface area (Å²) in [5, 5.41) is 12.1. The lowest BCUT2D eigenvalue weighted by Gasteiger charge is -2.05. The third-order valence-electron chi connectivity index (χ3n) is 1.99. The fraction of sp³-hybridized carbons (Fsp3) is 0.250. The summed E-state index contributed by atoms with van der Waals surface area (Å²) in [5.74, 6) is 2.42. The van der Waals surface area contributed by atoms with E-state index in [0.29, 0.717) is 18.5 Å². The van der Waals surface area contributed by atoms with Gasteiger partial charge in [0.05, 0.1) is 0 Å². The zero-order valence-corrected chi connectivity index (χ0v) is 8.58. The first kappa shape index (κ1) is 11.1. The summed E-state index contributed by atoms with van der Waals surface area (Å²) < 4.78 is 0. The molecule has 0 saturated heterocycles. The molecule has 1 aromatic carbocycles. The van der Waals surface area contributed by atoms with Crippen LogP contribution in [0.2, 0.25) is 0 Å². The van der Waals surface area contributed by atoms with Gasteiger partial charge in [-0.2, -0.15) is 0 Å². The number of anilines is 1. The summed E-state index contributed by atoms with van der Waals surface area (Å²) in [4.78, 5) is 11.3. The van der Waals surface area contributed by atoms with Crippen LogP contribution >= 0.6 is 0 Å². The van der Waals surface area contributed by atoms with E-state index >= 15 is 0 Å². The molecule has 1 amide bonds. The largest absolute Gasteiger partial charge is 0.508 e. The van der Waals surface area contributed by atoms with E-state index in [-0.39, 0.29) is 11.7 Å². The molecule has 78 valence electrons. The van der Waals surface area contributed by atoms with Gasteiger partial charge in [-0.05, 0) is 18.6 Å². The second-order valence-electron chi connectivity index (χ2n) is 3.25. The molecule has 0 unspecified atom stereocenters. The normalized spacial score (nSPS) is 9.33. The topological polar surface area (TPSA) is 49.3 Å². The predicted octanol–water partition coefficient (Wildman–Crippen LogP) is 2.05. The molecule has 2 N–H and O–H groups in total. The van der Waals surface area contributed by atoms with Gasteiger partial charge in [-0.15, -0.1) is 12.3 Å². The summed E-state index contributed by atoms with van der Waals surface area (Å²) in [6, 6.07) is 5.00. The van der Waals surface area contributed by atoms with Crippen molar-refractivity contribution < 1.29 is 9.90 Å². The molecule has 0 bridgehead atoms. The molecule has 0 fully saturated rings. The van der Waals surface area contributed by atoms with Gasteiger partial charge in [0.25, 0.3) is 0 Å². The molecule has 0 aromatic heterocycles. The molecule has 3 heteroatoms. The molecule has 15 heavy (non-hydrogen) atoms. The number of terminal acetylenes is 1. The molecule has 1 aromatic rings. The van der Waals surface area contributed by atoms with Crippen molar-refractivity contribution in [2.45, 2.75) is 19.8 Å². The first-order valence-corrected chi connectivity index (χ1v) is 4.66. The Balaban J connectivity index is 2.62. The maximum Gasteiger partial charge on any atom is 0.225 e. The lowest BCUT2D eigenvalue weighted by atomic mass is 10.2. The zero-order chi connectivity index (χ0) is 11.3. The monoisotopic (exact) mass is 203 g/mol. The van der Waals surface area contributed by atoms with E-state index in [1.165, 1.54) is 6.07 Å². The highest BCUT2D eigenvalue weighted by Gasteiger charge is 2.02. The average Bonchev–Trinajstić information content (AvgIpc) is 2.20. The average molecular weight is 203 g/mol. The maximum absolute atomic E-state index is 11.3. The highest BCUT2D eigenvalue weighted by Crippen LogP contribution is 2.20. The molecule has 0 saturated carbocycles. The van der Waals surface area contributed by atoms with E-state index in [0.717, 1.165) is 5.56 Å². The standard InChI is InChI=1S/C12H13NO2/c1-3-4-5-12(15)13-10-7-6-9(2)11(14)8-10/h1,6-8,14H,4-5H2,2H3,(H,13,15). The number of hydrogen-bond donors (Lipinski definition) is 2. The fourth-order valence-electron chi connectivity index (χ4n) is 1.10. The Morgan fingerprint density at radius 1 is 1.60 bits per heavy atom. The van der Waals surface area contributed by atoms with E-state index in [1.54, 1.807) is 19.1 Å². The van der Waals surface area contributed by atoms with Gasteiger partial charge >= 0.3 is 0 Å². The van der Waals surface area contributed by atoms with Gasteiger partial charge in [-0.25, -0.2) is 0 Å². The van der Waals surface area contributed by atoms with Crippen LogP contribution in [0.15, 0.2) is 18.2 Å². The van der Waals surface area contributed by atoms with Gasteiger partial charge in [0.1, 0.15) is 5.75 Å². The number of hydrogen-bond acceptors (Lipinski definition) is 2. The summed E-state index contributed by atoms with van der Waals surface area (Å²) in [5.41, 5.74) is 1.36. The molecule has 0 radical (unpaired) electrons. The van der Waals surface area contributed by atoms with Crippen molar-refractivity contribution in [1.82, 2.24) is 0 Å². The molecule has 0 aliphatic carbocycles. The first-order valence-electron chi connectivity index (χ1n) is 4.66. The van der Waals surface area contributed by atoms with Crippen LogP contribution in [0.4, 0.5) is 5.69 Å². The van der Waals surface area contributed by atoms with Crippen molar-refractivity contribution in [3.8, 4) is 18.1 Å².